The zero-order valence-electron chi connectivity index (χ0n) is 16.4. The summed E-state index contributed by atoms with van der Waals surface area (Å²) in [6.07, 6.45) is 6.25. The lowest BCUT2D eigenvalue weighted by Gasteiger charge is -2.36. The first kappa shape index (κ1) is 18.5. The van der Waals surface area contributed by atoms with Gasteiger partial charge in [0, 0.05) is 12.6 Å². The fraction of sp³-hybridized carbons (Fsp3) is 0.350. The first-order chi connectivity index (χ1) is 14.5. The minimum Gasteiger partial charge on any atom is -0.389 e. The maximum Gasteiger partial charge on any atom is 0.251 e. The molecule has 1 aliphatic carbocycles. The highest BCUT2D eigenvalue weighted by Crippen LogP contribution is 2.32. The molecule has 0 unspecified atom stereocenters. The third-order valence-corrected chi connectivity index (χ3v) is 5.87. The summed E-state index contributed by atoms with van der Waals surface area (Å²) in [6, 6.07) is 4.77. The number of carbonyl (C=O) groups is 1. The van der Waals surface area contributed by atoms with Crippen molar-refractivity contribution >= 4 is 33.9 Å². The third kappa shape index (κ3) is 2.96. The predicted molar refractivity (Wildman–Crippen MR) is 111 cm³/mol. The Labute approximate surface area is 171 Å². The van der Waals surface area contributed by atoms with E-state index in [1.54, 1.807) is 24.8 Å². The van der Waals surface area contributed by atoms with Crippen LogP contribution in [0.1, 0.15) is 35.7 Å². The molecule has 3 heterocycles. The molecular formula is C20H22N8O2. The van der Waals surface area contributed by atoms with Gasteiger partial charge in [-0.05, 0) is 37.5 Å². The molecule has 1 aromatic carbocycles. The lowest BCUT2D eigenvalue weighted by atomic mass is 9.87. The quantitative estimate of drug-likeness (QED) is 0.465. The molecule has 0 spiro atoms. The normalized spacial score (nSPS) is 21.9. The zero-order valence-corrected chi connectivity index (χ0v) is 16.4. The number of carbonyl (C=O) groups excluding carboxylic acids is 1. The highest BCUT2D eigenvalue weighted by Gasteiger charge is 2.35. The summed E-state index contributed by atoms with van der Waals surface area (Å²) in [5, 5.41) is 14.0. The molecule has 30 heavy (non-hydrogen) atoms. The largest absolute Gasteiger partial charge is 0.389 e. The van der Waals surface area contributed by atoms with Gasteiger partial charge in [-0.1, -0.05) is 0 Å². The molecule has 5 rings (SSSR count). The van der Waals surface area contributed by atoms with Crippen LogP contribution < -0.4 is 11.1 Å². The number of anilines is 1. The van der Waals surface area contributed by atoms with Crippen molar-refractivity contribution in [3.05, 3.63) is 42.7 Å². The molecule has 1 fully saturated rings. The molecule has 4 aromatic rings. The van der Waals surface area contributed by atoms with Crippen molar-refractivity contribution in [2.75, 3.05) is 5.73 Å². The fourth-order valence-corrected chi connectivity index (χ4v) is 4.26. The van der Waals surface area contributed by atoms with Crippen LogP contribution >= 0.6 is 0 Å². The first-order valence-corrected chi connectivity index (χ1v) is 9.86. The van der Waals surface area contributed by atoms with Crippen LogP contribution in [0.4, 0.5) is 5.82 Å². The van der Waals surface area contributed by atoms with Gasteiger partial charge in [0.25, 0.3) is 5.91 Å². The van der Waals surface area contributed by atoms with Crippen LogP contribution in [-0.2, 0) is 7.05 Å². The molecule has 0 radical (unpaired) electrons. The van der Waals surface area contributed by atoms with Crippen LogP contribution in [0.15, 0.2) is 37.2 Å². The van der Waals surface area contributed by atoms with Crippen LogP contribution in [0, 0.1) is 0 Å². The number of aliphatic hydroxyl groups is 1. The Bertz CT molecular complexity index is 1250. The van der Waals surface area contributed by atoms with Crippen molar-refractivity contribution in [1.29, 1.82) is 0 Å². The van der Waals surface area contributed by atoms with E-state index in [1.165, 1.54) is 6.33 Å². The van der Waals surface area contributed by atoms with Crippen molar-refractivity contribution in [3.8, 4) is 0 Å². The summed E-state index contributed by atoms with van der Waals surface area (Å²) < 4.78 is 3.73. The highest BCUT2D eigenvalue weighted by atomic mass is 16.3. The topological polar surface area (TPSA) is 137 Å². The van der Waals surface area contributed by atoms with E-state index in [2.05, 4.69) is 25.3 Å². The Morgan fingerprint density at radius 2 is 2.07 bits per heavy atom. The van der Waals surface area contributed by atoms with Gasteiger partial charge in [-0.2, -0.15) is 0 Å². The maximum atomic E-state index is 12.8. The molecule has 154 valence electrons. The lowest BCUT2D eigenvalue weighted by molar-refractivity contribution is 0.0410. The molecule has 1 aliphatic rings. The van der Waals surface area contributed by atoms with Gasteiger partial charge in [-0.25, -0.2) is 19.9 Å². The summed E-state index contributed by atoms with van der Waals surface area (Å²) >= 11 is 0. The number of amides is 1. The average molecular weight is 406 g/mol. The first-order valence-electron chi connectivity index (χ1n) is 9.86. The molecular weight excluding hydrogens is 384 g/mol. The van der Waals surface area contributed by atoms with Gasteiger partial charge in [0.2, 0.25) is 0 Å². The SMILES string of the molecule is Cn1cnc2cc(C(=O)N[C@H]3CCC[C@H](n4cnc5c(N)ncnc54)[C@H]3O)ccc21. The molecule has 1 saturated carbocycles. The van der Waals surface area contributed by atoms with E-state index in [4.69, 9.17) is 5.73 Å². The van der Waals surface area contributed by atoms with Crippen LogP contribution in [0.2, 0.25) is 0 Å². The summed E-state index contributed by atoms with van der Waals surface area (Å²) in [5.41, 5.74) is 9.21. The Morgan fingerprint density at radius 3 is 2.93 bits per heavy atom. The number of nitrogens with one attached hydrogen (secondary N) is 1. The Balaban J connectivity index is 1.38. The molecule has 0 bridgehead atoms. The van der Waals surface area contributed by atoms with E-state index in [0.29, 0.717) is 29.0 Å². The number of rotatable bonds is 3. The van der Waals surface area contributed by atoms with Gasteiger partial charge in [-0.3, -0.25) is 4.79 Å². The number of hydrogen-bond acceptors (Lipinski definition) is 7. The highest BCUT2D eigenvalue weighted by molar-refractivity contribution is 5.97. The van der Waals surface area contributed by atoms with Gasteiger partial charge < -0.3 is 25.3 Å². The predicted octanol–water partition coefficient (Wildman–Crippen LogP) is 1.18. The minimum atomic E-state index is -0.783. The van der Waals surface area contributed by atoms with Crippen molar-refractivity contribution < 1.29 is 9.90 Å². The summed E-state index contributed by atoms with van der Waals surface area (Å²) in [6.45, 7) is 0. The molecule has 4 N–H and O–H groups in total. The number of aromatic nitrogens is 6. The van der Waals surface area contributed by atoms with Gasteiger partial charge in [0.1, 0.15) is 11.8 Å². The van der Waals surface area contributed by atoms with Crippen LogP contribution in [0.3, 0.4) is 0 Å². The van der Waals surface area contributed by atoms with Crippen molar-refractivity contribution in [2.24, 2.45) is 7.05 Å². The number of aryl methyl sites for hydroxylation is 1. The number of benzene rings is 1. The van der Waals surface area contributed by atoms with Crippen LogP contribution in [0.5, 0.6) is 0 Å². The second-order valence-corrected chi connectivity index (χ2v) is 7.71. The standard InChI is InChI=1S/C20H22N8O2/c1-27-9-24-13-7-11(5-6-14(13)27)20(30)26-12-3-2-4-15(17(12)29)28-10-25-16-18(21)22-8-23-19(16)28/h5-10,12,15,17,29H,2-4H2,1H3,(H,26,30)(H2,21,22,23)/t12-,15-,17-/m0/s1. The smallest absolute Gasteiger partial charge is 0.251 e. The molecule has 10 nitrogen and oxygen atoms in total. The van der Waals surface area contributed by atoms with E-state index in [9.17, 15) is 9.90 Å². The number of fused-ring (bicyclic) bond motifs is 2. The second-order valence-electron chi connectivity index (χ2n) is 7.71. The minimum absolute atomic E-state index is 0.227. The number of nitrogens with two attached hydrogens (primary N) is 1. The summed E-state index contributed by atoms with van der Waals surface area (Å²) in [7, 11) is 1.91. The zero-order chi connectivity index (χ0) is 20.8. The molecule has 10 heteroatoms. The molecule has 0 aliphatic heterocycles. The fourth-order valence-electron chi connectivity index (χ4n) is 4.26. The van der Waals surface area contributed by atoms with E-state index in [0.717, 1.165) is 23.9 Å². The van der Waals surface area contributed by atoms with E-state index in [-0.39, 0.29) is 18.0 Å². The Kier molecular flexibility index (Phi) is 4.35. The third-order valence-electron chi connectivity index (χ3n) is 5.87. The summed E-state index contributed by atoms with van der Waals surface area (Å²) in [4.78, 5) is 29.7. The van der Waals surface area contributed by atoms with E-state index < -0.39 is 6.10 Å². The number of nitrogen functional groups attached to an aromatic ring is 1. The number of nitrogens with zero attached hydrogens (tertiary/aromatic N) is 6. The Hall–Kier alpha value is -3.53. The monoisotopic (exact) mass is 406 g/mol. The number of imidazole rings is 2. The van der Waals surface area contributed by atoms with Crippen LogP contribution in [-0.4, -0.2) is 52.2 Å². The van der Waals surface area contributed by atoms with Crippen LogP contribution in [0.25, 0.3) is 22.2 Å². The van der Waals surface area contributed by atoms with Gasteiger partial charge in [0.15, 0.2) is 11.5 Å². The summed E-state index contributed by atoms with van der Waals surface area (Å²) in [5.74, 6) is 0.0770. The van der Waals surface area contributed by atoms with Crippen molar-refractivity contribution in [2.45, 2.75) is 37.5 Å². The molecule has 0 saturated heterocycles. The molecule has 1 amide bonds. The lowest BCUT2D eigenvalue weighted by Crippen LogP contribution is -2.49. The maximum absolute atomic E-state index is 12.8. The van der Waals surface area contributed by atoms with E-state index >= 15 is 0 Å². The Morgan fingerprint density at radius 1 is 1.20 bits per heavy atom. The number of aliphatic hydroxyl groups excluding tert-OH is 1. The molecule has 3 aromatic heterocycles. The van der Waals surface area contributed by atoms with Gasteiger partial charge in [-0.15, -0.1) is 0 Å². The van der Waals surface area contributed by atoms with Gasteiger partial charge >= 0.3 is 0 Å². The second kappa shape index (κ2) is 7.06. The van der Waals surface area contributed by atoms with Gasteiger partial charge in [0.05, 0.1) is 41.9 Å². The average Bonchev–Trinajstić information content (AvgIpc) is 3.34. The van der Waals surface area contributed by atoms with Crippen molar-refractivity contribution in [1.82, 2.24) is 34.4 Å². The molecule has 3 atom stereocenters. The van der Waals surface area contributed by atoms with Crippen molar-refractivity contribution in [3.63, 3.8) is 0 Å². The van der Waals surface area contributed by atoms with E-state index in [1.807, 2.05) is 22.2 Å². The number of hydrogen-bond donors (Lipinski definition) is 3.